The van der Waals surface area contributed by atoms with Gasteiger partial charge in [-0.15, -0.1) is 0 Å². The first-order valence-electron chi connectivity index (χ1n) is 9.90. The molecule has 160 valence electrons. The Hall–Kier alpha value is -3.63. The molecule has 0 bridgehead atoms. The number of nitrogens with zero attached hydrogens (tertiary/aromatic N) is 6. The Morgan fingerprint density at radius 1 is 1.09 bits per heavy atom. The summed E-state index contributed by atoms with van der Waals surface area (Å²) in [7, 11) is 0. The topological polar surface area (TPSA) is 123 Å². The van der Waals surface area contributed by atoms with Gasteiger partial charge in [-0.1, -0.05) is 23.9 Å². The number of aliphatic hydroxyl groups is 2. The van der Waals surface area contributed by atoms with Gasteiger partial charge in [-0.3, -0.25) is 4.68 Å². The average Bonchev–Trinajstić information content (AvgIpc) is 3.41. The number of rotatable bonds is 6. The van der Waals surface area contributed by atoms with Gasteiger partial charge in [0.25, 0.3) is 0 Å². The van der Waals surface area contributed by atoms with Gasteiger partial charge in [0.1, 0.15) is 12.1 Å². The molecule has 0 unspecified atom stereocenters. The highest BCUT2D eigenvalue weighted by atomic mass is 32.2. The fraction of sp³-hybridized carbons (Fsp3) is 0.217. The molecule has 2 atom stereocenters. The number of benzene rings is 1. The average molecular weight is 445 g/mol. The lowest BCUT2D eigenvalue weighted by Gasteiger charge is -2.19. The molecule has 0 saturated heterocycles. The molecule has 1 aromatic carbocycles. The standard InChI is InChI=1S/C23H20N6O2S/c1-14-19(11-27-29(14)15(2)20(31)13-30)17-7-22(23-18(9-25)10-26-28(23)12-17)32-21-6-4-3-5-16(21)8-24/h3-7,10-12,15,20,30-31H,13H2,1-2H3/t15-,20-/m1/s1. The Morgan fingerprint density at radius 3 is 2.56 bits per heavy atom. The number of fused-ring (bicyclic) bond motifs is 1. The lowest BCUT2D eigenvalue weighted by molar-refractivity contribution is 0.0528. The first-order chi connectivity index (χ1) is 15.5. The Labute approximate surface area is 189 Å². The van der Waals surface area contributed by atoms with E-state index in [0.717, 1.165) is 26.6 Å². The maximum absolute atomic E-state index is 10.0. The van der Waals surface area contributed by atoms with Crippen LogP contribution in [0.4, 0.5) is 0 Å². The second-order valence-electron chi connectivity index (χ2n) is 7.35. The summed E-state index contributed by atoms with van der Waals surface area (Å²) in [6.07, 6.45) is 4.14. The predicted octanol–water partition coefficient (Wildman–Crippen LogP) is 3.31. The minimum atomic E-state index is -0.929. The van der Waals surface area contributed by atoms with Gasteiger partial charge >= 0.3 is 0 Å². The molecule has 0 aliphatic carbocycles. The monoisotopic (exact) mass is 444 g/mol. The Balaban J connectivity index is 1.86. The number of pyridine rings is 1. The van der Waals surface area contributed by atoms with Crippen LogP contribution < -0.4 is 0 Å². The number of nitriles is 2. The van der Waals surface area contributed by atoms with Crippen LogP contribution in [-0.4, -0.2) is 42.3 Å². The largest absolute Gasteiger partial charge is 0.394 e. The zero-order valence-corrected chi connectivity index (χ0v) is 18.3. The van der Waals surface area contributed by atoms with E-state index in [1.165, 1.54) is 18.0 Å². The van der Waals surface area contributed by atoms with Crippen LogP contribution in [0.3, 0.4) is 0 Å². The second-order valence-corrected chi connectivity index (χ2v) is 8.43. The molecule has 2 N–H and O–H groups in total. The van der Waals surface area contributed by atoms with Crippen molar-refractivity contribution in [2.75, 3.05) is 6.61 Å². The van der Waals surface area contributed by atoms with Crippen molar-refractivity contribution in [3.05, 3.63) is 65.7 Å². The molecule has 8 nitrogen and oxygen atoms in total. The summed E-state index contributed by atoms with van der Waals surface area (Å²) in [5, 5.41) is 47.1. The van der Waals surface area contributed by atoms with E-state index in [2.05, 4.69) is 22.3 Å². The van der Waals surface area contributed by atoms with Gasteiger partial charge in [-0.05, 0) is 32.0 Å². The van der Waals surface area contributed by atoms with Gasteiger partial charge in [0.15, 0.2) is 0 Å². The summed E-state index contributed by atoms with van der Waals surface area (Å²) in [5.74, 6) is 0. The minimum Gasteiger partial charge on any atom is -0.394 e. The molecule has 0 amide bonds. The van der Waals surface area contributed by atoms with Gasteiger partial charge < -0.3 is 10.2 Å². The summed E-state index contributed by atoms with van der Waals surface area (Å²) in [5.41, 5.74) is 4.16. The van der Waals surface area contributed by atoms with Crippen molar-refractivity contribution in [3.8, 4) is 23.3 Å². The van der Waals surface area contributed by atoms with Crippen molar-refractivity contribution in [1.82, 2.24) is 19.4 Å². The molecule has 0 aliphatic heterocycles. The van der Waals surface area contributed by atoms with Gasteiger partial charge in [0.2, 0.25) is 0 Å². The van der Waals surface area contributed by atoms with Crippen molar-refractivity contribution < 1.29 is 10.2 Å². The molecule has 0 saturated carbocycles. The molecule has 0 radical (unpaired) electrons. The first kappa shape index (κ1) is 21.6. The lowest BCUT2D eigenvalue weighted by Crippen LogP contribution is -2.26. The molecule has 32 heavy (non-hydrogen) atoms. The third-order valence-corrected chi connectivity index (χ3v) is 6.52. The lowest BCUT2D eigenvalue weighted by atomic mass is 10.1. The summed E-state index contributed by atoms with van der Waals surface area (Å²) < 4.78 is 3.34. The van der Waals surface area contributed by atoms with Crippen LogP contribution in [0.5, 0.6) is 0 Å². The fourth-order valence-corrected chi connectivity index (χ4v) is 4.68. The molecular weight excluding hydrogens is 424 g/mol. The smallest absolute Gasteiger partial charge is 0.103 e. The number of hydrogen-bond acceptors (Lipinski definition) is 7. The molecule has 0 aliphatic rings. The van der Waals surface area contributed by atoms with Crippen molar-refractivity contribution >= 4 is 17.3 Å². The molecule has 9 heteroatoms. The van der Waals surface area contributed by atoms with Crippen LogP contribution in [0.1, 0.15) is 29.8 Å². The Morgan fingerprint density at radius 2 is 1.84 bits per heavy atom. The van der Waals surface area contributed by atoms with Gasteiger partial charge in [0, 0.05) is 32.8 Å². The van der Waals surface area contributed by atoms with Crippen molar-refractivity contribution in [1.29, 1.82) is 10.5 Å². The second kappa shape index (κ2) is 8.85. The van der Waals surface area contributed by atoms with Crippen LogP contribution in [0.2, 0.25) is 0 Å². The highest BCUT2D eigenvalue weighted by Crippen LogP contribution is 2.37. The van der Waals surface area contributed by atoms with Crippen molar-refractivity contribution in [2.45, 2.75) is 35.8 Å². The third-order valence-electron chi connectivity index (χ3n) is 5.41. The van der Waals surface area contributed by atoms with Gasteiger partial charge in [0.05, 0.1) is 47.8 Å². The summed E-state index contributed by atoms with van der Waals surface area (Å²) in [6, 6.07) is 13.3. The zero-order valence-electron chi connectivity index (χ0n) is 17.5. The van der Waals surface area contributed by atoms with E-state index in [1.807, 2.05) is 37.4 Å². The SMILES string of the molecule is Cc1c(-c2cc(Sc3ccccc3C#N)c3c(C#N)cnn3c2)cnn1[C@H](C)[C@H](O)CO. The fourth-order valence-electron chi connectivity index (χ4n) is 3.59. The van der Waals surface area contributed by atoms with Crippen LogP contribution >= 0.6 is 11.8 Å². The van der Waals surface area contributed by atoms with Crippen LogP contribution in [-0.2, 0) is 0 Å². The summed E-state index contributed by atoms with van der Waals surface area (Å²) in [6.45, 7) is 3.33. The molecule has 0 spiro atoms. The quantitative estimate of drug-likeness (QED) is 0.468. The van der Waals surface area contributed by atoms with Crippen LogP contribution in [0, 0.1) is 29.6 Å². The van der Waals surface area contributed by atoms with E-state index in [0.29, 0.717) is 16.6 Å². The number of aliphatic hydroxyl groups excluding tert-OH is 2. The normalized spacial score (nSPS) is 12.9. The third kappa shape index (κ3) is 3.74. The molecule has 4 aromatic rings. The van der Waals surface area contributed by atoms with Crippen molar-refractivity contribution in [3.63, 3.8) is 0 Å². The molecule has 0 fully saturated rings. The Kier molecular flexibility index (Phi) is 5.97. The Bertz CT molecular complexity index is 1380. The van der Waals surface area contributed by atoms with E-state index in [-0.39, 0.29) is 6.61 Å². The predicted molar refractivity (Wildman–Crippen MR) is 119 cm³/mol. The minimum absolute atomic E-state index is 0.356. The molecular formula is C23H20N6O2S. The highest BCUT2D eigenvalue weighted by Gasteiger charge is 2.21. The van der Waals surface area contributed by atoms with E-state index < -0.39 is 12.1 Å². The van der Waals surface area contributed by atoms with Crippen LogP contribution in [0.15, 0.2) is 58.7 Å². The molecule has 4 rings (SSSR count). The molecule has 3 aromatic heterocycles. The van der Waals surface area contributed by atoms with Crippen molar-refractivity contribution in [2.24, 2.45) is 0 Å². The highest BCUT2D eigenvalue weighted by molar-refractivity contribution is 7.99. The van der Waals surface area contributed by atoms with Gasteiger partial charge in [-0.2, -0.15) is 20.7 Å². The number of aromatic nitrogens is 4. The summed E-state index contributed by atoms with van der Waals surface area (Å²) >= 11 is 1.40. The van der Waals surface area contributed by atoms with E-state index in [9.17, 15) is 20.7 Å². The summed E-state index contributed by atoms with van der Waals surface area (Å²) in [4.78, 5) is 1.57. The zero-order chi connectivity index (χ0) is 22.8. The van der Waals surface area contributed by atoms with Crippen LogP contribution in [0.25, 0.3) is 16.6 Å². The van der Waals surface area contributed by atoms with E-state index in [4.69, 9.17) is 0 Å². The van der Waals surface area contributed by atoms with E-state index in [1.54, 1.807) is 28.4 Å². The number of hydrogen-bond donors (Lipinski definition) is 2. The molecule has 3 heterocycles. The maximum Gasteiger partial charge on any atom is 0.103 e. The van der Waals surface area contributed by atoms with E-state index >= 15 is 0 Å². The van der Waals surface area contributed by atoms with Gasteiger partial charge in [-0.25, -0.2) is 4.52 Å². The maximum atomic E-state index is 10.0. The first-order valence-corrected chi connectivity index (χ1v) is 10.7.